The Balaban J connectivity index is 0.00000225. The van der Waals surface area contributed by atoms with Gasteiger partial charge in [0.25, 0.3) is 0 Å². The Morgan fingerprint density at radius 3 is 2.69 bits per heavy atom. The predicted octanol–water partition coefficient (Wildman–Crippen LogP) is 0.264. The molecule has 16 heavy (non-hydrogen) atoms. The van der Waals surface area contributed by atoms with Gasteiger partial charge in [-0.05, 0) is 25.8 Å². The van der Waals surface area contributed by atoms with Crippen LogP contribution in [-0.4, -0.2) is 33.2 Å². The molecule has 5 nitrogen and oxygen atoms in total. The summed E-state index contributed by atoms with van der Waals surface area (Å²) in [7, 11) is -3.41. The Bertz CT molecular complexity index is 313. The van der Waals surface area contributed by atoms with E-state index < -0.39 is 10.0 Å². The summed E-state index contributed by atoms with van der Waals surface area (Å²) in [5.74, 6) is -0.556. The molecule has 0 unspecified atom stereocenters. The van der Waals surface area contributed by atoms with Crippen LogP contribution in [0, 0.1) is 5.92 Å². The molecule has 0 bridgehead atoms. The minimum Gasteiger partial charge on any atom is -0.316 e. The van der Waals surface area contributed by atoms with Gasteiger partial charge in [-0.3, -0.25) is 9.52 Å². The van der Waals surface area contributed by atoms with Crippen LogP contribution >= 0.6 is 12.4 Å². The summed E-state index contributed by atoms with van der Waals surface area (Å²) < 4.78 is 24.8. The van der Waals surface area contributed by atoms with Gasteiger partial charge >= 0.3 is 0 Å². The first kappa shape index (κ1) is 15.7. The summed E-state index contributed by atoms with van der Waals surface area (Å²) in [5.41, 5.74) is 0. The number of piperidine rings is 1. The van der Waals surface area contributed by atoms with Gasteiger partial charge in [0.2, 0.25) is 15.9 Å². The topological polar surface area (TPSA) is 75.3 Å². The van der Waals surface area contributed by atoms with Crippen molar-refractivity contribution in [3.05, 3.63) is 0 Å². The fourth-order valence-electron chi connectivity index (χ4n) is 1.63. The Morgan fingerprint density at radius 1 is 1.50 bits per heavy atom. The number of carbonyl (C=O) groups is 1. The largest absolute Gasteiger partial charge is 0.316 e. The molecule has 1 heterocycles. The van der Waals surface area contributed by atoms with Crippen LogP contribution in [0.1, 0.15) is 26.2 Å². The Morgan fingerprint density at radius 2 is 2.19 bits per heavy atom. The molecule has 1 rings (SSSR count). The SMILES string of the molecule is CCCS(=O)(=O)NC(=O)[C@@H]1CCCNC1.Cl. The van der Waals surface area contributed by atoms with E-state index in [1.165, 1.54) is 0 Å². The third kappa shape index (κ3) is 5.14. The smallest absolute Gasteiger partial charge is 0.237 e. The second kappa shape index (κ2) is 7.09. The average molecular weight is 271 g/mol. The lowest BCUT2D eigenvalue weighted by molar-refractivity contribution is -0.123. The molecule has 2 N–H and O–H groups in total. The maximum atomic E-state index is 11.6. The number of amides is 1. The standard InChI is InChI=1S/C9H18N2O3S.ClH/c1-2-6-15(13,14)11-9(12)8-4-3-5-10-7-8;/h8,10H,2-7H2,1H3,(H,11,12);1H/t8-;/m1./s1. The summed E-state index contributed by atoms with van der Waals surface area (Å²) in [6.07, 6.45) is 2.21. The lowest BCUT2D eigenvalue weighted by Crippen LogP contribution is -2.43. The minimum absolute atomic E-state index is 0. The molecule has 0 aromatic rings. The van der Waals surface area contributed by atoms with Crippen LogP contribution in [0.4, 0.5) is 0 Å². The summed E-state index contributed by atoms with van der Waals surface area (Å²) in [4.78, 5) is 11.6. The molecule has 1 amide bonds. The second-order valence-corrected chi connectivity index (χ2v) is 5.67. The Labute approximate surface area is 103 Å². The zero-order valence-corrected chi connectivity index (χ0v) is 11.0. The van der Waals surface area contributed by atoms with E-state index in [1.54, 1.807) is 6.92 Å². The molecule has 0 aromatic heterocycles. The van der Waals surface area contributed by atoms with Gasteiger partial charge in [0.05, 0.1) is 11.7 Å². The summed E-state index contributed by atoms with van der Waals surface area (Å²) in [6.45, 7) is 3.25. The molecule has 0 spiro atoms. The van der Waals surface area contributed by atoms with Crippen LogP contribution in [0.15, 0.2) is 0 Å². The Hall–Kier alpha value is -0.330. The average Bonchev–Trinajstić information content (AvgIpc) is 2.18. The van der Waals surface area contributed by atoms with Gasteiger partial charge < -0.3 is 5.32 Å². The Kier molecular flexibility index (Phi) is 6.94. The van der Waals surface area contributed by atoms with Gasteiger partial charge in [0.15, 0.2) is 0 Å². The van der Waals surface area contributed by atoms with Crippen molar-refractivity contribution in [3.8, 4) is 0 Å². The van der Waals surface area contributed by atoms with E-state index in [2.05, 4.69) is 10.0 Å². The first-order valence-corrected chi connectivity index (χ1v) is 6.95. The zero-order chi connectivity index (χ0) is 11.3. The van der Waals surface area contributed by atoms with Crippen molar-refractivity contribution in [1.82, 2.24) is 10.0 Å². The monoisotopic (exact) mass is 270 g/mol. The van der Waals surface area contributed by atoms with Crippen molar-refractivity contribution in [2.75, 3.05) is 18.8 Å². The van der Waals surface area contributed by atoms with Gasteiger partial charge in [-0.15, -0.1) is 12.4 Å². The van der Waals surface area contributed by atoms with E-state index in [9.17, 15) is 13.2 Å². The highest BCUT2D eigenvalue weighted by Gasteiger charge is 2.24. The van der Waals surface area contributed by atoms with E-state index in [1.807, 2.05) is 0 Å². The maximum Gasteiger partial charge on any atom is 0.237 e. The number of carbonyl (C=O) groups excluding carboxylic acids is 1. The number of rotatable bonds is 4. The molecule has 1 fully saturated rings. The molecule has 7 heteroatoms. The van der Waals surface area contributed by atoms with Crippen molar-refractivity contribution in [3.63, 3.8) is 0 Å². The van der Waals surface area contributed by atoms with Crippen molar-refractivity contribution in [1.29, 1.82) is 0 Å². The van der Waals surface area contributed by atoms with Crippen molar-refractivity contribution in [2.45, 2.75) is 26.2 Å². The highest BCUT2D eigenvalue weighted by Crippen LogP contribution is 2.10. The summed E-state index contributed by atoms with van der Waals surface area (Å²) in [6, 6.07) is 0. The summed E-state index contributed by atoms with van der Waals surface area (Å²) in [5, 5.41) is 3.08. The van der Waals surface area contributed by atoms with Gasteiger partial charge in [0, 0.05) is 6.54 Å². The lowest BCUT2D eigenvalue weighted by atomic mass is 9.99. The molecule has 1 aliphatic heterocycles. The minimum atomic E-state index is -3.41. The number of nitrogens with one attached hydrogen (secondary N) is 2. The highest BCUT2D eigenvalue weighted by molar-refractivity contribution is 7.90. The lowest BCUT2D eigenvalue weighted by Gasteiger charge is -2.21. The molecule has 0 radical (unpaired) electrons. The van der Waals surface area contributed by atoms with Crippen LogP contribution < -0.4 is 10.0 Å². The number of sulfonamides is 1. The third-order valence-electron chi connectivity index (χ3n) is 2.40. The van der Waals surface area contributed by atoms with Crippen LogP contribution in [0.3, 0.4) is 0 Å². The normalized spacial score (nSPS) is 20.9. The van der Waals surface area contributed by atoms with E-state index in [0.29, 0.717) is 13.0 Å². The quantitative estimate of drug-likeness (QED) is 0.769. The van der Waals surface area contributed by atoms with Crippen LogP contribution in [0.2, 0.25) is 0 Å². The fraction of sp³-hybridized carbons (Fsp3) is 0.889. The molecule has 0 saturated carbocycles. The molecular weight excluding hydrogens is 252 g/mol. The van der Waals surface area contributed by atoms with Crippen LogP contribution in [0.25, 0.3) is 0 Å². The van der Waals surface area contributed by atoms with E-state index in [0.717, 1.165) is 19.4 Å². The number of halogens is 1. The van der Waals surface area contributed by atoms with Crippen LogP contribution in [0.5, 0.6) is 0 Å². The summed E-state index contributed by atoms with van der Waals surface area (Å²) >= 11 is 0. The van der Waals surface area contributed by atoms with E-state index in [-0.39, 0.29) is 30.0 Å². The molecule has 1 atom stereocenters. The molecule has 1 saturated heterocycles. The molecule has 96 valence electrons. The van der Waals surface area contributed by atoms with Crippen molar-refractivity contribution < 1.29 is 13.2 Å². The van der Waals surface area contributed by atoms with Gasteiger partial charge in [-0.1, -0.05) is 6.92 Å². The van der Waals surface area contributed by atoms with Gasteiger partial charge in [-0.2, -0.15) is 0 Å². The maximum absolute atomic E-state index is 11.6. The predicted molar refractivity (Wildman–Crippen MR) is 65.1 cm³/mol. The number of hydrogen-bond acceptors (Lipinski definition) is 4. The second-order valence-electron chi connectivity index (χ2n) is 3.83. The van der Waals surface area contributed by atoms with Crippen molar-refractivity contribution >= 4 is 28.3 Å². The molecule has 1 aliphatic rings. The zero-order valence-electron chi connectivity index (χ0n) is 9.36. The number of hydrogen-bond donors (Lipinski definition) is 2. The molecule has 0 aromatic carbocycles. The molecular formula is C9H19ClN2O3S. The van der Waals surface area contributed by atoms with Gasteiger partial charge in [0.1, 0.15) is 0 Å². The first-order valence-electron chi connectivity index (χ1n) is 5.30. The first-order chi connectivity index (χ1) is 7.05. The fourth-order valence-corrected chi connectivity index (χ4v) is 2.74. The van der Waals surface area contributed by atoms with Crippen LogP contribution in [-0.2, 0) is 14.8 Å². The van der Waals surface area contributed by atoms with E-state index >= 15 is 0 Å². The third-order valence-corrected chi connectivity index (χ3v) is 3.85. The highest BCUT2D eigenvalue weighted by atomic mass is 35.5. The van der Waals surface area contributed by atoms with Crippen molar-refractivity contribution in [2.24, 2.45) is 5.92 Å². The molecule has 0 aliphatic carbocycles. The van der Waals surface area contributed by atoms with E-state index in [4.69, 9.17) is 0 Å². The van der Waals surface area contributed by atoms with Gasteiger partial charge in [-0.25, -0.2) is 8.42 Å².